The van der Waals surface area contributed by atoms with Crippen LogP contribution in [0.3, 0.4) is 0 Å². The largest absolute Gasteiger partial charge is 0.459 e. The van der Waals surface area contributed by atoms with E-state index in [4.69, 9.17) is 0 Å². The van der Waals surface area contributed by atoms with Gasteiger partial charge in [-0.25, -0.2) is 4.79 Å². The molecule has 0 aliphatic rings. The minimum absolute atomic E-state index is 0.202. The maximum Gasteiger partial charge on any atom is 0.396 e. The molecule has 0 bridgehead atoms. The second-order valence-corrected chi connectivity index (χ2v) is 4.64. The topological polar surface area (TPSA) is 55.4 Å². The normalized spacial score (nSPS) is 10.2. The zero-order valence-electron chi connectivity index (χ0n) is 12.2. The molecule has 0 aliphatic heterocycles. The van der Waals surface area contributed by atoms with E-state index in [1.165, 1.54) is 11.1 Å². The van der Waals surface area contributed by atoms with Crippen LogP contribution in [0.15, 0.2) is 6.07 Å². The Hall–Kier alpha value is -1.84. The number of amides is 1. The Morgan fingerprint density at radius 3 is 2.11 bits per heavy atom. The van der Waals surface area contributed by atoms with Gasteiger partial charge in [-0.15, -0.1) is 0 Å². The van der Waals surface area contributed by atoms with E-state index < -0.39 is 11.9 Å². The molecular formula is C15H21NO3. The van der Waals surface area contributed by atoms with E-state index >= 15 is 0 Å². The van der Waals surface area contributed by atoms with E-state index in [9.17, 15) is 9.59 Å². The molecule has 1 aromatic carbocycles. The number of carbonyl (C=O) groups excluding carboxylic acids is 2. The van der Waals surface area contributed by atoms with Crippen LogP contribution in [0.2, 0.25) is 0 Å². The molecule has 0 saturated carbocycles. The van der Waals surface area contributed by atoms with Crippen LogP contribution in [0.5, 0.6) is 0 Å². The van der Waals surface area contributed by atoms with Crippen molar-refractivity contribution in [3.05, 3.63) is 33.9 Å². The number of nitrogens with one attached hydrogen (secondary N) is 1. The minimum Gasteiger partial charge on any atom is -0.459 e. The lowest BCUT2D eigenvalue weighted by Crippen LogP contribution is -2.32. The van der Waals surface area contributed by atoms with Crippen LogP contribution < -0.4 is 5.32 Å². The summed E-state index contributed by atoms with van der Waals surface area (Å²) in [6.07, 6.45) is 0. The molecule has 0 unspecified atom stereocenters. The summed E-state index contributed by atoms with van der Waals surface area (Å²) in [5, 5.41) is 2.61. The number of carbonyl (C=O) groups is 2. The summed E-state index contributed by atoms with van der Waals surface area (Å²) in [5.74, 6) is -1.53. The van der Waals surface area contributed by atoms with E-state index in [0.717, 1.165) is 16.7 Å². The molecule has 0 aliphatic carbocycles. The fraction of sp³-hybridized carbons (Fsp3) is 0.467. The average Bonchev–Trinajstić information content (AvgIpc) is 2.36. The van der Waals surface area contributed by atoms with Crippen molar-refractivity contribution in [2.45, 2.75) is 41.2 Å². The monoisotopic (exact) mass is 263 g/mol. The summed E-state index contributed by atoms with van der Waals surface area (Å²) >= 11 is 0. The van der Waals surface area contributed by atoms with E-state index in [0.29, 0.717) is 6.54 Å². The van der Waals surface area contributed by atoms with Gasteiger partial charge in [0.05, 0.1) is 6.61 Å². The third-order valence-corrected chi connectivity index (χ3v) is 3.41. The van der Waals surface area contributed by atoms with Gasteiger partial charge in [-0.1, -0.05) is 6.07 Å². The maximum atomic E-state index is 11.5. The molecule has 104 valence electrons. The molecule has 4 nitrogen and oxygen atoms in total. The van der Waals surface area contributed by atoms with Crippen molar-refractivity contribution in [3.63, 3.8) is 0 Å². The van der Waals surface area contributed by atoms with Gasteiger partial charge in [-0.05, 0) is 62.4 Å². The zero-order chi connectivity index (χ0) is 14.6. The summed E-state index contributed by atoms with van der Waals surface area (Å²) < 4.78 is 4.65. The standard InChI is InChI=1S/C15H21NO3/c1-6-19-15(18)14(17)16-8-13-11(4)9(2)7-10(3)12(13)5/h7H,6,8H2,1-5H3,(H,16,17). The first kappa shape index (κ1) is 15.2. The number of rotatable bonds is 3. The van der Waals surface area contributed by atoms with Crippen LogP contribution in [0.1, 0.15) is 34.7 Å². The van der Waals surface area contributed by atoms with Gasteiger partial charge in [-0.3, -0.25) is 4.79 Å². The summed E-state index contributed by atoms with van der Waals surface area (Å²) in [7, 11) is 0. The van der Waals surface area contributed by atoms with Crippen LogP contribution in [-0.4, -0.2) is 18.5 Å². The Balaban J connectivity index is 2.84. The Morgan fingerprint density at radius 2 is 1.63 bits per heavy atom. The highest BCUT2D eigenvalue weighted by molar-refractivity contribution is 6.32. The molecule has 19 heavy (non-hydrogen) atoms. The summed E-state index contributed by atoms with van der Waals surface area (Å²) in [4.78, 5) is 22.7. The molecule has 1 N–H and O–H groups in total. The molecule has 1 rings (SSSR count). The molecule has 0 spiro atoms. The van der Waals surface area contributed by atoms with E-state index in [-0.39, 0.29) is 6.61 Å². The van der Waals surface area contributed by atoms with E-state index in [1.54, 1.807) is 6.92 Å². The van der Waals surface area contributed by atoms with Gasteiger partial charge in [0.1, 0.15) is 0 Å². The molecule has 0 fully saturated rings. The molecular weight excluding hydrogens is 242 g/mol. The van der Waals surface area contributed by atoms with Crippen molar-refractivity contribution in [1.29, 1.82) is 0 Å². The molecule has 0 atom stereocenters. The lowest BCUT2D eigenvalue weighted by Gasteiger charge is -2.15. The van der Waals surface area contributed by atoms with Gasteiger partial charge in [0.15, 0.2) is 0 Å². The number of aryl methyl sites for hydroxylation is 2. The molecule has 1 aromatic rings. The summed E-state index contributed by atoms with van der Waals surface area (Å²) in [6.45, 7) is 10.3. The van der Waals surface area contributed by atoms with Gasteiger partial charge in [0, 0.05) is 6.54 Å². The van der Waals surface area contributed by atoms with Gasteiger partial charge in [0.2, 0.25) is 0 Å². The average molecular weight is 263 g/mol. The van der Waals surface area contributed by atoms with Crippen LogP contribution in [0.4, 0.5) is 0 Å². The van der Waals surface area contributed by atoms with Gasteiger partial charge in [-0.2, -0.15) is 0 Å². The minimum atomic E-state index is -0.831. The number of hydrogen-bond acceptors (Lipinski definition) is 3. The number of hydrogen-bond donors (Lipinski definition) is 1. The fourth-order valence-electron chi connectivity index (χ4n) is 2.00. The fourth-order valence-corrected chi connectivity index (χ4v) is 2.00. The molecule has 1 amide bonds. The SMILES string of the molecule is CCOC(=O)C(=O)NCc1c(C)c(C)cc(C)c1C. The lowest BCUT2D eigenvalue weighted by molar-refractivity contribution is -0.154. The Bertz CT molecular complexity index is 480. The molecule has 0 radical (unpaired) electrons. The molecule has 0 heterocycles. The van der Waals surface area contributed by atoms with E-state index in [2.05, 4.69) is 16.1 Å². The van der Waals surface area contributed by atoms with E-state index in [1.807, 2.05) is 27.7 Å². The Labute approximate surface area is 114 Å². The van der Waals surface area contributed by atoms with Crippen molar-refractivity contribution in [2.75, 3.05) is 6.61 Å². The highest BCUT2D eigenvalue weighted by Crippen LogP contribution is 2.21. The smallest absolute Gasteiger partial charge is 0.396 e. The molecule has 0 aromatic heterocycles. The van der Waals surface area contributed by atoms with Crippen LogP contribution >= 0.6 is 0 Å². The second kappa shape index (κ2) is 6.36. The van der Waals surface area contributed by atoms with Crippen molar-refractivity contribution < 1.29 is 14.3 Å². The van der Waals surface area contributed by atoms with Crippen molar-refractivity contribution in [2.24, 2.45) is 0 Å². The highest BCUT2D eigenvalue weighted by Gasteiger charge is 2.15. The van der Waals surface area contributed by atoms with Crippen molar-refractivity contribution >= 4 is 11.9 Å². The van der Waals surface area contributed by atoms with Crippen molar-refractivity contribution in [1.82, 2.24) is 5.32 Å². The van der Waals surface area contributed by atoms with Gasteiger partial charge >= 0.3 is 11.9 Å². The van der Waals surface area contributed by atoms with Crippen LogP contribution in [-0.2, 0) is 20.9 Å². The molecule has 0 saturated heterocycles. The summed E-state index contributed by atoms with van der Waals surface area (Å²) in [6, 6.07) is 2.13. The maximum absolute atomic E-state index is 11.5. The van der Waals surface area contributed by atoms with Crippen molar-refractivity contribution in [3.8, 4) is 0 Å². The molecule has 4 heteroatoms. The first-order chi connectivity index (χ1) is 8.88. The predicted octanol–water partition coefficient (Wildman–Crippen LogP) is 2.10. The zero-order valence-corrected chi connectivity index (χ0v) is 12.2. The first-order valence-corrected chi connectivity index (χ1v) is 6.39. The third-order valence-electron chi connectivity index (χ3n) is 3.41. The third kappa shape index (κ3) is 3.56. The van der Waals surface area contributed by atoms with Gasteiger partial charge in [0.25, 0.3) is 0 Å². The number of ether oxygens (including phenoxy) is 1. The second-order valence-electron chi connectivity index (χ2n) is 4.64. The summed E-state index contributed by atoms with van der Waals surface area (Å²) in [5.41, 5.74) is 5.72. The highest BCUT2D eigenvalue weighted by atomic mass is 16.5. The predicted molar refractivity (Wildman–Crippen MR) is 73.9 cm³/mol. The van der Waals surface area contributed by atoms with Crippen LogP contribution in [0, 0.1) is 27.7 Å². The number of esters is 1. The number of benzene rings is 1. The lowest BCUT2D eigenvalue weighted by atomic mass is 9.94. The Morgan fingerprint density at radius 1 is 1.11 bits per heavy atom. The quantitative estimate of drug-likeness (QED) is 0.671. The first-order valence-electron chi connectivity index (χ1n) is 6.39. The Kier molecular flexibility index (Phi) is 5.10. The van der Waals surface area contributed by atoms with Gasteiger partial charge < -0.3 is 10.1 Å². The van der Waals surface area contributed by atoms with Crippen LogP contribution in [0.25, 0.3) is 0 Å².